The van der Waals surface area contributed by atoms with Crippen molar-refractivity contribution in [2.24, 2.45) is 17.1 Å². The first-order valence-electron chi connectivity index (χ1n) is 11.0. The third-order valence-electron chi connectivity index (χ3n) is 6.28. The van der Waals surface area contributed by atoms with Gasteiger partial charge in [0.1, 0.15) is 5.75 Å². The largest absolute Gasteiger partial charge is 0.497 e. The number of hydrogen-bond donors (Lipinski definition) is 2. The summed E-state index contributed by atoms with van der Waals surface area (Å²) in [5, 5.41) is 9.77. The Morgan fingerprint density at radius 1 is 1.16 bits per heavy atom. The molecular weight excluding hydrogens is 392 g/mol. The van der Waals surface area contributed by atoms with Gasteiger partial charge in [0.25, 0.3) is 0 Å². The van der Waals surface area contributed by atoms with E-state index < -0.39 is 6.09 Å². The van der Waals surface area contributed by atoms with Crippen molar-refractivity contribution in [3.63, 3.8) is 0 Å². The monoisotopic (exact) mass is 426 g/mol. The highest BCUT2D eigenvalue weighted by molar-refractivity contribution is 5.65. The molecule has 0 bridgehead atoms. The van der Waals surface area contributed by atoms with Crippen LogP contribution in [0.1, 0.15) is 36.8 Å². The molecule has 2 unspecified atom stereocenters. The Hall–Kier alpha value is -2.57. The molecule has 1 amide bonds. The Balaban J connectivity index is 1.57. The van der Waals surface area contributed by atoms with Gasteiger partial charge in [-0.2, -0.15) is 0 Å². The van der Waals surface area contributed by atoms with Crippen LogP contribution in [0.4, 0.5) is 4.79 Å². The van der Waals surface area contributed by atoms with Crippen molar-refractivity contribution in [3.05, 3.63) is 65.7 Å². The van der Waals surface area contributed by atoms with E-state index in [4.69, 9.17) is 15.2 Å². The van der Waals surface area contributed by atoms with Gasteiger partial charge >= 0.3 is 6.09 Å². The molecule has 2 aromatic rings. The lowest BCUT2D eigenvalue weighted by Gasteiger charge is -2.41. The van der Waals surface area contributed by atoms with E-state index in [2.05, 4.69) is 12.1 Å². The second-order valence-electron chi connectivity index (χ2n) is 8.66. The van der Waals surface area contributed by atoms with Crippen LogP contribution in [0.25, 0.3) is 0 Å². The Morgan fingerprint density at radius 2 is 1.90 bits per heavy atom. The van der Waals surface area contributed by atoms with Crippen LogP contribution in [0.2, 0.25) is 0 Å². The van der Waals surface area contributed by atoms with E-state index in [0.717, 1.165) is 42.6 Å². The predicted molar refractivity (Wildman–Crippen MR) is 121 cm³/mol. The number of benzene rings is 2. The molecule has 1 aliphatic carbocycles. The Bertz CT molecular complexity index is 812. The first kappa shape index (κ1) is 23.1. The summed E-state index contributed by atoms with van der Waals surface area (Å²) >= 11 is 0. The Kier molecular flexibility index (Phi) is 8.32. The summed E-state index contributed by atoms with van der Waals surface area (Å²) in [5.41, 5.74) is 8.22. The van der Waals surface area contributed by atoms with E-state index in [1.165, 1.54) is 4.90 Å². The Labute approximate surface area is 185 Å². The third-order valence-corrected chi connectivity index (χ3v) is 6.28. The summed E-state index contributed by atoms with van der Waals surface area (Å²) in [6.45, 7) is 2.63. The average molecular weight is 427 g/mol. The molecule has 31 heavy (non-hydrogen) atoms. The molecule has 0 aromatic heterocycles. The van der Waals surface area contributed by atoms with Crippen molar-refractivity contribution in [1.82, 2.24) is 4.90 Å². The first-order chi connectivity index (χ1) is 15.0. The molecule has 168 valence electrons. The van der Waals surface area contributed by atoms with Gasteiger partial charge in [0.05, 0.1) is 20.3 Å². The first-order valence-corrected chi connectivity index (χ1v) is 11.0. The van der Waals surface area contributed by atoms with Crippen molar-refractivity contribution in [2.45, 2.75) is 38.8 Å². The quantitative estimate of drug-likeness (QED) is 0.583. The highest BCUT2D eigenvalue weighted by atomic mass is 16.5. The van der Waals surface area contributed by atoms with Crippen molar-refractivity contribution in [3.8, 4) is 5.75 Å². The number of nitrogens with zero attached hydrogens (tertiary/aromatic N) is 1. The Morgan fingerprint density at radius 3 is 2.55 bits per heavy atom. The average Bonchev–Trinajstić information content (AvgIpc) is 2.80. The molecule has 0 heterocycles. The minimum atomic E-state index is -0.889. The molecule has 2 aromatic carbocycles. The number of nitrogens with two attached hydrogens (primary N) is 1. The number of amides is 1. The summed E-state index contributed by atoms with van der Waals surface area (Å²) in [6, 6.07) is 17.7. The number of carbonyl (C=O) groups is 1. The summed E-state index contributed by atoms with van der Waals surface area (Å²) < 4.78 is 11.2. The van der Waals surface area contributed by atoms with Crippen molar-refractivity contribution in [1.29, 1.82) is 0 Å². The molecule has 1 aliphatic rings. The predicted octanol–water partition coefficient (Wildman–Crippen LogP) is 4.53. The molecule has 1 saturated carbocycles. The van der Waals surface area contributed by atoms with Gasteiger partial charge < -0.3 is 25.2 Å². The highest BCUT2D eigenvalue weighted by Crippen LogP contribution is 2.39. The highest BCUT2D eigenvalue weighted by Gasteiger charge is 2.36. The zero-order chi connectivity index (χ0) is 22.1. The second kappa shape index (κ2) is 11.2. The number of carboxylic acid groups (broad SMARTS) is 1. The second-order valence-corrected chi connectivity index (χ2v) is 8.66. The molecular formula is C25H34N2O4. The maximum absolute atomic E-state index is 11.9. The van der Waals surface area contributed by atoms with Crippen LogP contribution in [0.15, 0.2) is 54.6 Å². The molecule has 3 rings (SSSR count). The molecule has 0 saturated heterocycles. The van der Waals surface area contributed by atoms with E-state index in [1.54, 1.807) is 7.11 Å². The zero-order valence-corrected chi connectivity index (χ0v) is 18.3. The van der Waals surface area contributed by atoms with Crippen molar-refractivity contribution >= 4 is 6.09 Å². The molecule has 6 heteroatoms. The van der Waals surface area contributed by atoms with E-state index in [-0.39, 0.29) is 11.3 Å². The van der Waals surface area contributed by atoms with Crippen LogP contribution in [0.5, 0.6) is 5.75 Å². The summed E-state index contributed by atoms with van der Waals surface area (Å²) in [5.74, 6) is 1.05. The van der Waals surface area contributed by atoms with Gasteiger partial charge in [-0.1, -0.05) is 48.9 Å². The maximum atomic E-state index is 11.9. The van der Waals surface area contributed by atoms with Gasteiger partial charge in [0, 0.05) is 25.0 Å². The minimum absolute atomic E-state index is 0.0814. The normalized spacial score (nSPS) is 20.9. The number of hydrogen-bond acceptors (Lipinski definition) is 4. The van der Waals surface area contributed by atoms with Gasteiger partial charge in [0.15, 0.2) is 0 Å². The third kappa shape index (κ3) is 6.71. The van der Waals surface area contributed by atoms with E-state index in [0.29, 0.717) is 32.8 Å². The lowest BCUT2D eigenvalue weighted by molar-refractivity contribution is -0.00183. The zero-order valence-electron chi connectivity index (χ0n) is 18.3. The molecule has 0 spiro atoms. The number of rotatable bonds is 10. The van der Waals surface area contributed by atoms with E-state index in [9.17, 15) is 9.90 Å². The van der Waals surface area contributed by atoms with Crippen LogP contribution >= 0.6 is 0 Å². The van der Waals surface area contributed by atoms with Crippen LogP contribution in [0.3, 0.4) is 0 Å². The van der Waals surface area contributed by atoms with Gasteiger partial charge in [0.2, 0.25) is 0 Å². The van der Waals surface area contributed by atoms with Crippen LogP contribution in [0, 0.1) is 11.3 Å². The van der Waals surface area contributed by atoms with Gasteiger partial charge in [-0.3, -0.25) is 0 Å². The topological polar surface area (TPSA) is 85.0 Å². The summed E-state index contributed by atoms with van der Waals surface area (Å²) in [6.07, 6.45) is 3.10. The molecule has 1 fully saturated rings. The van der Waals surface area contributed by atoms with Crippen molar-refractivity contribution < 1.29 is 19.4 Å². The molecule has 0 aliphatic heterocycles. The van der Waals surface area contributed by atoms with Gasteiger partial charge in [-0.25, -0.2) is 4.79 Å². The van der Waals surface area contributed by atoms with E-state index in [1.807, 2.05) is 42.5 Å². The van der Waals surface area contributed by atoms with Gasteiger partial charge in [-0.15, -0.1) is 0 Å². The number of ether oxygens (including phenoxy) is 2. The molecule has 2 atom stereocenters. The number of methoxy groups -OCH3 is 1. The summed E-state index contributed by atoms with van der Waals surface area (Å²) in [4.78, 5) is 13.4. The smallest absolute Gasteiger partial charge is 0.407 e. The summed E-state index contributed by atoms with van der Waals surface area (Å²) in [7, 11) is 1.62. The lowest BCUT2D eigenvalue weighted by atomic mass is 9.70. The fourth-order valence-corrected chi connectivity index (χ4v) is 4.55. The SMILES string of the molecule is COc1ccc(CN(CC2CCCC(CN)(COCc3ccccc3)C2)C(=O)O)cc1. The van der Waals surface area contributed by atoms with E-state index >= 15 is 0 Å². The van der Waals surface area contributed by atoms with Gasteiger partial charge in [-0.05, 0) is 48.4 Å². The standard InChI is InChI=1S/C25H34N2O4/c1-30-23-11-9-20(10-12-23)15-27(24(28)29)16-22-8-5-13-25(14-22,18-26)19-31-17-21-6-3-2-4-7-21/h2-4,6-7,9-12,22H,5,8,13-19,26H2,1H3,(H,28,29). The molecule has 3 N–H and O–H groups in total. The lowest BCUT2D eigenvalue weighted by Crippen LogP contribution is -2.43. The van der Waals surface area contributed by atoms with Crippen LogP contribution < -0.4 is 10.5 Å². The molecule has 6 nitrogen and oxygen atoms in total. The molecule has 0 radical (unpaired) electrons. The van der Waals surface area contributed by atoms with Crippen molar-refractivity contribution in [2.75, 3.05) is 26.8 Å². The fraction of sp³-hybridized carbons (Fsp3) is 0.480. The minimum Gasteiger partial charge on any atom is -0.497 e. The van der Waals surface area contributed by atoms with Crippen LogP contribution in [-0.4, -0.2) is 42.9 Å². The van der Waals surface area contributed by atoms with Crippen LogP contribution in [-0.2, 0) is 17.9 Å². The fourth-order valence-electron chi connectivity index (χ4n) is 4.55. The maximum Gasteiger partial charge on any atom is 0.407 e.